The molecule has 0 bridgehead atoms. The number of anilines is 2. The van der Waals surface area contributed by atoms with E-state index in [-0.39, 0.29) is 75.7 Å². The van der Waals surface area contributed by atoms with Gasteiger partial charge in [0.25, 0.3) is 0 Å². The molecule has 0 saturated heterocycles. The van der Waals surface area contributed by atoms with Crippen LogP contribution in [-0.4, -0.2) is 19.6 Å². The number of nitrogen functional groups attached to an aromatic ring is 2. The number of alkyl halides is 3. The first-order valence-corrected chi connectivity index (χ1v) is 12.7. The number of nitriles is 4. The molecule has 2 aromatic carbocycles. The van der Waals surface area contributed by atoms with E-state index in [9.17, 15) is 13.2 Å². The van der Waals surface area contributed by atoms with Crippen molar-refractivity contribution in [3.8, 4) is 35.7 Å². The van der Waals surface area contributed by atoms with E-state index in [1.807, 2.05) is 0 Å². The lowest BCUT2D eigenvalue weighted by molar-refractivity contribution is -0.137. The van der Waals surface area contributed by atoms with E-state index >= 15 is 0 Å². The van der Waals surface area contributed by atoms with Gasteiger partial charge in [-0.3, -0.25) is 0 Å². The van der Waals surface area contributed by atoms with Gasteiger partial charge in [-0.05, 0) is 18.2 Å². The Kier molecular flexibility index (Phi) is 9.62. The van der Waals surface area contributed by atoms with Gasteiger partial charge >= 0.3 is 6.18 Å². The van der Waals surface area contributed by atoms with Crippen LogP contribution in [0.15, 0.2) is 18.2 Å². The number of benzene rings is 2. The molecule has 0 aliphatic heterocycles. The van der Waals surface area contributed by atoms with Crippen LogP contribution in [0.5, 0.6) is 0 Å². The second-order valence-corrected chi connectivity index (χ2v) is 9.98. The van der Waals surface area contributed by atoms with Crippen molar-refractivity contribution >= 4 is 81.2 Å². The minimum atomic E-state index is -4.63. The molecule has 4 N–H and O–H groups in total. The molecule has 4 aromatic rings. The number of hydrogen-bond acceptors (Lipinski definition) is 8. The monoisotopic (exact) mass is 690 g/mol. The number of nitrogens with zero attached hydrogens (tertiary/aromatic N) is 8. The molecule has 0 saturated carbocycles. The maximum absolute atomic E-state index is 12.7. The maximum atomic E-state index is 12.7. The predicted octanol–water partition coefficient (Wildman–Crippen LogP) is 7.33. The van der Waals surface area contributed by atoms with E-state index in [0.29, 0.717) is 12.1 Å². The van der Waals surface area contributed by atoms with Crippen molar-refractivity contribution < 1.29 is 13.2 Å². The molecule has 2 aromatic heterocycles. The van der Waals surface area contributed by atoms with Gasteiger partial charge in [0.2, 0.25) is 0 Å². The predicted molar refractivity (Wildman–Crippen MR) is 150 cm³/mol. The molecular formula is C23H7Cl6F3N10. The van der Waals surface area contributed by atoms with Crippen LogP contribution >= 0.6 is 69.6 Å². The maximum Gasteiger partial charge on any atom is 0.416 e. The lowest BCUT2D eigenvalue weighted by Crippen LogP contribution is -2.08. The minimum Gasteiger partial charge on any atom is -0.382 e. The molecule has 0 amide bonds. The van der Waals surface area contributed by atoms with Crippen molar-refractivity contribution in [1.29, 1.82) is 21.0 Å². The topological polar surface area (TPSA) is 183 Å². The van der Waals surface area contributed by atoms with Crippen LogP contribution in [0, 0.1) is 45.3 Å². The third-order valence-corrected chi connectivity index (χ3v) is 7.27. The van der Waals surface area contributed by atoms with Crippen LogP contribution in [0.1, 0.15) is 28.1 Å². The molecule has 42 heavy (non-hydrogen) atoms. The van der Waals surface area contributed by atoms with Crippen LogP contribution in [0.3, 0.4) is 0 Å². The van der Waals surface area contributed by atoms with Gasteiger partial charge in [0, 0.05) is 0 Å². The normalized spacial score (nSPS) is 10.6. The highest BCUT2D eigenvalue weighted by atomic mass is 35.5. The Balaban J connectivity index is 0.000000231. The van der Waals surface area contributed by atoms with Gasteiger partial charge in [-0.2, -0.15) is 44.4 Å². The van der Waals surface area contributed by atoms with Gasteiger partial charge in [0.1, 0.15) is 58.4 Å². The summed E-state index contributed by atoms with van der Waals surface area (Å²) in [7, 11) is 0. The highest BCUT2D eigenvalue weighted by molar-refractivity contribution is 6.49. The van der Waals surface area contributed by atoms with Gasteiger partial charge in [-0.15, -0.1) is 0 Å². The number of aromatic nitrogens is 4. The summed E-state index contributed by atoms with van der Waals surface area (Å²) < 4.78 is 40.0. The summed E-state index contributed by atoms with van der Waals surface area (Å²) in [5.41, 5.74) is 9.66. The Bertz CT molecular complexity index is 1870. The summed E-state index contributed by atoms with van der Waals surface area (Å²) in [5, 5.41) is 43.0. The molecule has 0 fully saturated rings. The smallest absolute Gasteiger partial charge is 0.382 e. The fourth-order valence-corrected chi connectivity index (χ4v) is 4.86. The summed E-state index contributed by atoms with van der Waals surface area (Å²) in [6.07, 6.45) is -4.63. The van der Waals surface area contributed by atoms with Gasteiger partial charge in [-0.25, -0.2) is 9.36 Å². The molecule has 0 spiro atoms. The van der Waals surface area contributed by atoms with Gasteiger partial charge in [0.05, 0.1) is 35.7 Å². The van der Waals surface area contributed by atoms with E-state index in [1.54, 1.807) is 24.3 Å². The van der Waals surface area contributed by atoms with Gasteiger partial charge < -0.3 is 11.5 Å². The highest BCUT2D eigenvalue weighted by Gasteiger charge is 2.33. The molecule has 212 valence electrons. The standard InChI is InChI=1S/C12H4Cl2F3N5.C11H3Cl4N5/c13-7-1-5(12(15,16)17)2-8(14)10(7)22-11(20)6(3-18)9(4-19)21-22;12-5-1-6(13)9(15)10(8(5)14)20-11(18)4(2-16)7(3-17)19-20/h1-2H,20H2;1H,18H2. The number of halogens is 9. The van der Waals surface area contributed by atoms with Crippen LogP contribution in [0.2, 0.25) is 30.1 Å². The lowest BCUT2D eigenvalue weighted by Gasteiger charge is -2.13. The zero-order valence-corrected chi connectivity index (χ0v) is 24.4. The Labute approximate surface area is 263 Å². The van der Waals surface area contributed by atoms with Crippen molar-refractivity contribution in [3.63, 3.8) is 0 Å². The average molecular weight is 693 g/mol. The fourth-order valence-electron chi connectivity index (χ4n) is 3.26. The summed E-state index contributed by atoms with van der Waals surface area (Å²) in [4.78, 5) is 0. The lowest BCUT2D eigenvalue weighted by atomic mass is 10.2. The Morgan fingerprint density at radius 3 is 1.31 bits per heavy atom. The Morgan fingerprint density at radius 2 is 1.00 bits per heavy atom. The molecule has 19 heteroatoms. The molecule has 0 atom stereocenters. The number of nitrogens with two attached hydrogens (primary N) is 2. The Morgan fingerprint density at radius 1 is 0.619 bits per heavy atom. The van der Waals surface area contributed by atoms with Crippen molar-refractivity contribution in [2.24, 2.45) is 0 Å². The zero-order valence-electron chi connectivity index (χ0n) is 19.9. The van der Waals surface area contributed by atoms with Gasteiger partial charge in [0.15, 0.2) is 11.4 Å². The third kappa shape index (κ3) is 5.94. The first kappa shape index (κ1) is 32.5. The van der Waals surface area contributed by atoms with Crippen molar-refractivity contribution in [2.45, 2.75) is 6.18 Å². The molecule has 0 radical (unpaired) electrons. The SMILES string of the molecule is N#Cc1nn(-c2c(Cl)c(Cl)cc(Cl)c2Cl)c(N)c1C#N.N#Cc1nn(-c2c(Cl)cc(C(F)(F)F)cc2Cl)c(N)c1C#N. The summed E-state index contributed by atoms with van der Waals surface area (Å²) >= 11 is 35.6. The number of hydrogen-bond donors (Lipinski definition) is 2. The van der Waals surface area contributed by atoms with Crippen molar-refractivity contribution in [2.75, 3.05) is 11.5 Å². The van der Waals surface area contributed by atoms with Crippen molar-refractivity contribution in [1.82, 2.24) is 19.6 Å². The first-order chi connectivity index (χ1) is 19.6. The van der Waals surface area contributed by atoms with Crippen LogP contribution in [0.25, 0.3) is 11.4 Å². The minimum absolute atomic E-state index is 0.0595. The van der Waals surface area contributed by atoms with E-state index < -0.39 is 11.7 Å². The quantitative estimate of drug-likeness (QED) is 0.205. The summed E-state index contributed by atoms with van der Waals surface area (Å²) in [6, 6.07) is 9.56. The average Bonchev–Trinajstić information content (AvgIpc) is 3.42. The van der Waals surface area contributed by atoms with E-state index in [0.717, 1.165) is 9.36 Å². The summed E-state index contributed by atoms with van der Waals surface area (Å²) in [5.74, 6) is -0.325. The molecule has 4 rings (SSSR count). The Hall–Kier alpha value is -4.05. The van der Waals surface area contributed by atoms with Crippen LogP contribution in [0.4, 0.5) is 24.8 Å². The van der Waals surface area contributed by atoms with E-state index in [2.05, 4.69) is 10.2 Å². The molecule has 0 aliphatic carbocycles. The molecular weight excluding hydrogens is 686 g/mol. The van der Waals surface area contributed by atoms with E-state index in [1.165, 1.54) is 6.07 Å². The first-order valence-electron chi connectivity index (χ1n) is 10.4. The zero-order chi connectivity index (χ0) is 31.7. The second-order valence-electron chi connectivity index (χ2n) is 7.59. The highest BCUT2D eigenvalue weighted by Crippen LogP contribution is 2.41. The second kappa shape index (κ2) is 12.4. The van der Waals surface area contributed by atoms with Crippen LogP contribution in [-0.2, 0) is 6.18 Å². The molecule has 2 heterocycles. The van der Waals surface area contributed by atoms with Gasteiger partial charge in [-0.1, -0.05) is 69.6 Å². The molecule has 0 unspecified atom stereocenters. The number of rotatable bonds is 2. The van der Waals surface area contributed by atoms with Crippen molar-refractivity contribution in [3.05, 3.63) is 76.4 Å². The largest absolute Gasteiger partial charge is 0.416 e. The molecule has 10 nitrogen and oxygen atoms in total. The molecule has 0 aliphatic rings. The fraction of sp³-hybridized carbons (Fsp3) is 0.0435. The summed E-state index contributed by atoms with van der Waals surface area (Å²) in [6.45, 7) is 0. The van der Waals surface area contributed by atoms with Crippen LogP contribution < -0.4 is 11.5 Å². The van der Waals surface area contributed by atoms with E-state index in [4.69, 9.17) is 102 Å². The third-order valence-electron chi connectivity index (χ3n) is 5.13.